The van der Waals surface area contributed by atoms with Crippen LogP contribution < -0.4 is 14.8 Å². The average molecular weight is 988 g/mol. The summed E-state index contributed by atoms with van der Waals surface area (Å²) >= 11 is 0. The molecule has 6 aromatic rings. The van der Waals surface area contributed by atoms with Crippen molar-refractivity contribution in [2.45, 2.75) is 115 Å². The normalized spacial score (nSPS) is 18.1. The molecule has 1 amide bonds. The number of benzene rings is 4. The summed E-state index contributed by atoms with van der Waals surface area (Å²) < 4.78 is 51.8. The Morgan fingerprint density at radius 1 is 0.829 bits per heavy atom. The number of methoxy groups -OCH3 is 2. The second-order valence-corrected chi connectivity index (χ2v) is 25.4. The Balaban J connectivity index is 1.41. The molecule has 0 saturated carbocycles. The maximum absolute atomic E-state index is 13.5. The van der Waals surface area contributed by atoms with Crippen molar-refractivity contribution in [3.8, 4) is 17.6 Å². The van der Waals surface area contributed by atoms with Crippen molar-refractivity contribution in [2.75, 3.05) is 32.8 Å². The second kappa shape index (κ2) is 22.6. The molecule has 0 radical (unpaired) electrons. The summed E-state index contributed by atoms with van der Waals surface area (Å²) in [4.78, 5) is 27.5. The van der Waals surface area contributed by atoms with Gasteiger partial charge in [0.15, 0.2) is 31.5 Å². The molecule has 0 bridgehead atoms. The zero-order chi connectivity index (χ0) is 50.2. The van der Waals surface area contributed by atoms with Gasteiger partial charge >= 0.3 is 0 Å². The molecule has 70 heavy (non-hydrogen) atoms. The van der Waals surface area contributed by atoms with Crippen LogP contribution in [0, 0.1) is 11.3 Å². The van der Waals surface area contributed by atoms with E-state index in [2.05, 4.69) is 94.7 Å². The number of nitriles is 1. The van der Waals surface area contributed by atoms with E-state index in [-0.39, 0.29) is 48.5 Å². The lowest BCUT2D eigenvalue weighted by Crippen LogP contribution is -2.50. The van der Waals surface area contributed by atoms with Gasteiger partial charge in [-0.1, -0.05) is 93.6 Å². The van der Waals surface area contributed by atoms with Gasteiger partial charge < -0.3 is 37.7 Å². The van der Waals surface area contributed by atoms with E-state index in [1.54, 1.807) is 44.8 Å². The molecular weight excluding hydrogens is 922 g/mol. The monoisotopic (exact) mass is 987 g/mol. The first-order valence-corrected chi connectivity index (χ1v) is 27.7. The minimum atomic E-state index is -2.66. The minimum Gasteiger partial charge on any atom is -0.497 e. The lowest BCUT2D eigenvalue weighted by Gasteiger charge is -2.42. The van der Waals surface area contributed by atoms with Crippen LogP contribution in [0.3, 0.4) is 0 Å². The van der Waals surface area contributed by atoms with Gasteiger partial charge in [0.2, 0.25) is 0 Å². The van der Waals surface area contributed by atoms with Crippen molar-refractivity contribution < 1.29 is 37.2 Å². The maximum atomic E-state index is 13.5. The van der Waals surface area contributed by atoms with E-state index in [1.165, 1.54) is 6.33 Å². The number of imidazole rings is 1. The van der Waals surface area contributed by atoms with Gasteiger partial charge in [-0.05, 0) is 98.9 Å². The second-order valence-electron chi connectivity index (χ2n) is 19.2. The summed E-state index contributed by atoms with van der Waals surface area (Å²) in [6.45, 7) is 19.6. The zero-order valence-corrected chi connectivity index (χ0v) is 43.9. The molecule has 3 heterocycles. The van der Waals surface area contributed by atoms with E-state index >= 15 is 0 Å². The van der Waals surface area contributed by atoms with Crippen molar-refractivity contribution in [3.05, 3.63) is 144 Å². The van der Waals surface area contributed by atoms with E-state index in [0.29, 0.717) is 28.2 Å². The molecule has 4 aromatic carbocycles. The smallest absolute Gasteiger partial charge is 0.259 e. The number of aromatic nitrogens is 4. The number of carbonyl (C=O) groups excluding carboxylic acids is 1. The highest BCUT2D eigenvalue weighted by atomic mass is 31.2. The van der Waals surface area contributed by atoms with Gasteiger partial charge in [0.25, 0.3) is 14.4 Å². The standard InChI is InChI=1S/C53H66N7O8PSi/c1-36(2)60(37(3)4)69(65-32-18-31-54)67-46-44(33-64-53(39-21-16-13-17-22-39,40-23-27-42(62-8)28-24-40)41-25-29-43(63-9)30-26-41)66-51(47(46)68-70(10,11)52(5,6)7)59-35-57-45-48(55-34-56-49(45)59)58-50(61)38-19-14-12-15-20-38/h12-17,19-30,34-37,44,46-47,51H,18,32-33H2,1-11H3,(H,55,56,58,61)/t44-,46-,47-,51-,69?/m0/s1. The van der Waals surface area contributed by atoms with Gasteiger partial charge in [-0.15, -0.1) is 0 Å². The fourth-order valence-electron chi connectivity index (χ4n) is 8.41. The molecule has 17 heteroatoms. The van der Waals surface area contributed by atoms with Crippen molar-refractivity contribution in [1.82, 2.24) is 24.2 Å². The lowest BCUT2D eigenvalue weighted by molar-refractivity contribution is -0.0926. The average Bonchev–Trinajstić information content (AvgIpc) is 3.93. The van der Waals surface area contributed by atoms with E-state index in [4.69, 9.17) is 42.4 Å². The summed E-state index contributed by atoms with van der Waals surface area (Å²) in [5.74, 6) is 1.31. The van der Waals surface area contributed by atoms with E-state index < -0.39 is 47.0 Å². The Hall–Kier alpha value is -5.60. The molecule has 1 fully saturated rings. The van der Waals surface area contributed by atoms with Crippen LogP contribution in [0.1, 0.15) is 88.2 Å². The van der Waals surface area contributed by atoms with Gasteiger partial charge in [-0.2, -0.15) is 5.26 Å². The number of amides is 1. The number of carbonyl (C=O) groups is 1. The lowest BCUT2D eigenvalue weighted by atomic mass is 9.80. The molecule has 370 valence electrons. The van der Waals surface area contributed by atoms with Crippen molar-refractivity contribution in [3.63, 3.8) is 0 Å². The molecule has 2 aromatic heterocycles. The van der Waals surface area contributed by atoms with Crippen LogP contribution in [0.15, 0.2) is 122 Å². The predicted molar refractivity (Wildman–Crippen MR) is 274 cm³/mol. The van der Waals surface area contributed by atoms with Crippen LogP contribution in [0.25, 0.3) is 11.2 Å². The SMILES string of the molecule is COc1ccc(C(OC[C@@H]2O[C@H](n3cnc4c(NC(=O)c5ccccc5)ncnc43)[C@@H](O[Si](C)(C)C(C)(C)C)[C@H]2OP(OCCC#N)N(C(C)C)C(C)C)(c2ccccc2)c2ccc(OC)cc2)cc1. The van der Waals surface area contributed by atoms with E-state index in [0.717, 1.165) is 16.7 Å². The number of nitrogens with zero attached hydrogens (tertiary/aromatic N) is 6. The maximum Gasteiger partial charge on any atom is 0.259 e. The zero-order valence-electron chi connectivity index (χ0n) is 42.0. The molecule has 1 aliphatic rings. The van der Waals surface area contributed by atoms with Crippen molar-refractivity contribution in [2.24, 2.45) is 0 Å². The summed E-state index contributed by atoms with van der Waals surface area (Å²) in [6, 6.07) is 37.0. The van der Waals surface area contributed by atoms with Gasteiger partial charge in [0.05, 0.1) is 46.3 Å². The van der Waals surface area contributed by atoms with Gasteiger partial charge in [-0.3, -0.25) is 9.36 Å². The summed E-state index contributed by atoms with van der Waals surface area (Å²) in [7, 11) is -1.19. The number of anilines is 1. The third-order valence-corrected chi connectivity index (χ3v) is 19.5. The Labute approximate surface area is 414 Å². The summed E-state index contributed by atoms with van der Waals surface area (Å²) in [5, 5.41) is 12.4. The number of hydrogen-bond acceptors (Lipinski definition) is 13. The summed E-state index contributed by atoms with van der Waals surface area (Å²) in [6.07, 6.45) is -0.0410. The first-order valence-electron chi connectivity index (χ1n) is 23.6. The first-order chi connectivity index (χ1) is 33.5. The van der Waals surface area contributed by atoms with Gasteiger partial charge in [0, 0.05) is 17.6 Å². The Bertz CT molecular complexity index is 2620. The predicted octanol–water partition coefficient (Wildman–Crippen LogP) is 11.1. The third kappa shape index (κ3) is 11.3. The van der Waals surface area contributed by atoms with E-state index in [1.807, 2.05) is 77.4 Å². The molecule has 0 aliphatic carbocycles. The highest BCUT2D eigenvalue weighted by molar-refractivity contribution is 7.44. The minimum absolute atomic E-state index is 0.00377. The molecule has 5 atom stereocenters. The first kappa shape index (κ1) is 52.2. The Morgan fingerprint density at radius 2 is 1.40 bits per heavy atom. The van der Waals surface area contributed by atoms with E-state index in [9.17, 15) is 10.1 Å². The van der Waals surface area contributed by atoms with Crippen LogP contribution in [-0.4, -0.2) is 96.2 Å². The number of rotatable bonds is 21. The fraction of sp³-hybridized carbons (Fsp3) is 0.415. The molecule has 1 N–H and O–H groups in total. The van der Waals surface area contributed by atoms with Crippen molar-refractivity contribution in [1.29, 1.82) is 5.26 Å². The number of nitrogens with one attached hydrogen (secondary N) is 1. The van der Waals surface area contributed by atoms with Crippen LogP contribution >= 0.6 is 8.53 Å². The van der Waals surface area contributed by atoms with Gasteiger partial charge in [0.1, 0.15) is 41.7 Å². The Morgan fingerprint density at radius 3 is 1.94 bits per heavy atom. The highest BCUT2D eigenvalue weighted by Crippen LogP contribution is 2.53. The largest absolute Gasteiger partial charge is 0.497 e. The molecular formula is C53H66N7O8PSi. The quantitative estimate of drug-likeness (QED) is 0.0314. The number of fused-ring (bicyclic) bond motifs is 1. The number of hydrogen-bond donors (Lipinski definition) is 1. The van der Waals surface area contributed by atoms with Crippen LogP contribution in [0.2, 0.25) is 18.1 Å². The molecule has 15 nitrogen and oxygen atoms in total. The van der Waals surface area contributed by atoms with Crippen LogP contribution in [0.5, 0.6) is 11.5 Å². The number of ether oxygens (including phenoxy) is 4. The molecule has 1 aliphatic heterocycles. The van der Waals surface area contributed by atoms with Crippen molar-refractivity contribution >= 4 is 39.7 Å². The highest BCUT2D eigenvalue weighted by Gasteiger charge is 2.54. The third-order valence-electron chi connectivity index (χ3n) is 12.9. The topological polar surface area (TPSA) is 164 Å². The Kier molecular flexibility index (Phi) is 16.9. The molecule has 1 unspecified atom stereocenters. The molecule has 0 spiro atoms. The summed E-state index contributed by atoms with van der Waals surface area (Å²) in [5.41, 5.74) is 2.64. The molecule has 7 rings (SSSR count). The van der Waals surface area contributed by atoms with Crippen LogP contribution in [-0.2, 0) is 28.5 Å². The molecule has 1 saturated heterocycles. The fourth-order valence-corrected chi connectivity index (χ4v) is 11.5. The van der Waals surface area contributed by atoms with Gasteiger partial charge in [-0.25, -0.2) is 19.6 Å². The van der Waals surface area contributed by atoms with Crippen LogP contribution in [0.4, 0.5) is 5.82 Å².